The number of ether oxygens (including phenoxy) is 1. The predicted molar refractivity (Wildman–Crippen MR) is 203 cm³/mol. The van der Waals surface area contributed by atoms with Crippen LogP contribution in [0.1, 0.15) is 187 Å². The first kappa shape index (κ1) is 49.2. The van der Waals surface area contributed by atoms with Crippen molar-refractivity contribution in [2.75, 3.05) is 19.8 Å². The number of unbranched alkanes of at least 4 members (excludes halogenated alkanes) is 22. The molecule has 0 aliphatic heterocycles. The average molecular weight is 748 g/mol. The molecule has 0 radical (unpaired) electrons. The van der Waals surface area contributed by atoms with Gasteiger partial charge in [0.05, 0.1) is 13.2 Å². The Bertz CT molecular complexity index is 932. The summed E-state index contributed by atoms with van der Waals surface area (Å²) in [7, 11) is -4.75. The molecule has 4 N–H and O–H groups in total. The van der Waals surface area contributed by atoms with Crippen molar-refractivity contribution in [1.29, 1.82) is 0 Å². The Morgan fingerprint density at radius 3 is 1.57 bits per heavy atom. The number of hydrogen-bond donors (Lipinski definition) is 4. The van der Waals surface area contributed by atoms with Gasteiger partial charge in [-0.1, -0.05) is 154 Å². The number of esters is 1. The van der Waals surface area contributed by atoms with Crippen LogP contribution >= 0.6 is 7.82 Å². The number of phosphoric ester groups is 1. The van der Waals surface area contributed by atoms with Gasteiger partial charge in [0.2, 0.25) is 5.91 Å². The van der Waals surface area contributed by atoms with Crippen LogP contribution in [-0.2, 0) is 32.7 Å². The van der Waals surface area contributed by atoms with E-state index < -0.39 is 57.6 Å². The van der Waals surface area contributed by atoms with Crippen LogP contribution in [0.2, 0.25) is 0 Å². The minimum Gasteiger partial charge on any atom is -0.480 e. The number of carboxylic acids is 1. The number of rotatable bonds is 38. The smallest absolute Gasteiger partial charge is 0.472 e. The summed E-state index contributed by atoms with van der Waals surface area (Å²) in [5.74, 6) is -2.38. The minimum atomic E-state index is -4.75. The van der Waals surface area contributed by atoms with E-state index in [-0.39, 0.29) is 12.8 Å². The number of aliphatic hydroxyl groups is 1. The molecule has 0 rings (SSSR count). The molecule has 0 aromatic carbocycles. The van der Waals surface area contributed by atoms with Crippen LogP contribution in [0, 0.1) is 0 Å². The van der Waals surface area contributed by atoms with Crippen LogP contribution in [0.5, 0.6) is 0 Å². The number of carbonyl (C=O) groups is 3. The van der Waals surface area contributed by atoms with Gasteiger partial charge in [-0.15, -0.1) is 0 Å². The Hall–Kier alpha value is -1.78. The SMILES string of the molecule is CCC/C=C\CCCCCCCC(=O)NC(COP(=O)(O)OCC(O)COC(=O)CCCCCCCCCCCCCCCCCCC)C(=O)O. The highest BCUT2D eigenvalue weighted by molar-refractivity contribution is 7.47. The maximum absolute atomic E-state index is 12.2. The fourth-order valence-electron chi connectivity index (χ4n) is 5.61. The van der Waals surface area contributed by atoms with E-state index in [2.05, 4.69) is 31.3 Å². The maximum atomic E-state index is 12.2. The average Bonchev–Trinajstić information content (AvgIpc) is 3.10. The summed E-state index contributed by atoms with van der Waals surface area (Å²) in [6, 6.07) is -1.54. The van der Waals surface area contributed by atoms with Gasteiger partial charge in [0.25, 0.3) is 0 Å². The lowest BCUT2D eigenvalue weighted by molar-refractivity contribution is -0.147. The molecule has 0 aromatic rings. The molecule has 0 saturated heterocycles. The fourth-order valence-corrected chi connectivity index (χ4v) is 6.38. The number of carbonyl (C=O) groups excluding carboxylic acids is 2. The van der Waals surface area contributed by atoms with E-state index in [1.807, 2.05) is 0 Å². The highest BCUT2D eigenvalue weighted by Crippen LogP contribution is 2.43. The van der Waals surface area contributed by atoms with Crippen molar-refractivity contribution in [3.8, 4) is 0 Å². The molecule has 0 aliphatic carbocycles. The number of amides is 1. The van der Waals surface area contributed by atoms with Gasteiger partial charge in [-0.2, -0.15) is 0 Å². The second-order valence-corrected chi connectivity index (χ2v) is 15.3. The van der Waals surface area contributed by atoms with Crippen molar-refractivity contribution in [3.63, 3.8) is 0 Å². The number of hydrogen-bond acceptors (Lipinski definition) is 8. The quantitative estimate of drug-likeness (QED) is 0.0206. The molecule has 51 heavy (non-hydrogen) atoms. The van der Waals surface area contributed by atoms with Crippen molar-refractivity contribution in [2.24, 2.45) is 0 Å². The van der Waals surface area contributed by atoms with Crippen molar-refractivity contribution >= 4 is 25.7 Å². The largest absolute Gasteiger partial charge is 0.480 e. The predicted octanol–water partition coefficient (Wildman–Crippen LogP) is 9.72. The molecule has 0 spiro atoms. The molecule has 0 fully saturated rings. The molecule has 3 unspecified atom stereocenters. The van der Waals surface area contributed by atoms with Crippen LogP contribution < -0.4 is 5.32 Å². The zero-order valence-corrected chi connectivity index (χ0v) is 33.1. The molecule has 0 saturated carbocycles. The summed E-state index contributed by atoms with van der Waals surface area (Å²) in [6.45, 7) is 2.52. The number of aliphatic carboxylic acids is 1. The lowest BCUT2D eigenvalue weighted by atomic mass is 10.0. The van der Waals surface area contributed by atoms with Crippen LogP contribution in [0.4, 0.5) is 0 Å². The number of allylic oxidation sites excluding steroid dienone is 2. The number of phosphoric acid groups is 1. The van der Waals surface area contributed by atoms with Crippen LogP contribution in [-0.4, -0.2) is 64.9 Å². The van der Waals surface area contributed by atoms with E-state index in [0.29, 0.717) is 12.8 Å². The summed E-state index contributed by atoms with van der Waals surface area (Å²) in [4.78, 5) is 45.7. The van der Waals surface area contributed by atoms with Crippen molar-refractivity contribution in [2.45, 2.75) is 199 Å². The Labute approximate surface area is 309 Å². The third-order valence-corrected chi connectivity index (χ3v) is 9.74. The van der Waals surface area contributed by atoms with Gasteiger partial charge in [0.15, 0.2) is 6.04 Å². The molecule has 3 atom stereocenters. The molecule has 0 heterocycles. The summed E-state index contributed by atoms with van der Waals surface area (Å²) in [5, 5.41) is 21.7. The van der Waals surface area contributed by atoms with Crippen LogP contribution in [0.15, 0.2) is 12.2 Å². The van der Waals surface area contributed by atoms with Gasteiger partial charge in [0.1, 0.15) is 12.7 Å². The van der Waals surface area contributed by atoms with Crippen molar-refractivity contribution < 1.29 is 47.8 Å². The van der Waals surface area contributed by atoms with E-state index in [9.17, 15) is 34.1 Å². The van der Waals surface area contributed by atoms with Crippen molar-refractivity contribution in [1.82, 2.24) is 5.32 Å². The van der Waals surface area contributed by atoms with Crippen LogP contribution in [0.25, 0.3) is 0 Å². The lowest BCUT2D eigenvalue weighted by Crippen LogP contribution is -2.43. The van der Waals surface area contributed by atoms with Gasteiger partial charge in [0, 0.05) is 12.8 Å². The summed E-state index contributed by atoms with van der Waals surface area (Å²) < 4.78 is 26.7. The van der Waals surface area contributed by atoms with E-state index in [1.54, 1.807) is 0 Å². The number of carboxylic acid groups (broad SMARTS) is 1. The van der Waals surface area contributed by atoms with Gasteiger partial charge in [-0.25, -0.2) is 9.36 Å². The second-order valence-electron chi connectivity index (χ2n) is 13.8. The second kappa shape index (κ2) is 35.3. The molecule has 0 aromatic heterocycles. The number of aliphatic hydroxyl groups excluding tert-OH is 1. The fraction of sp³-hybridized carbons (Fsp3) is 0.872. The van der Waals surface area contributed by atoms with E-state index >= 15 is 0 Å². The molecule has 1 amide bonds. The normalized spacial score (nSPS) is 14.0. The summed E-state index contributed by atoms with van der Waals surface area (Å²) in [5.41, 5.74) is 0. The Balaban J connectivity index is 3.87. The van der Waals surface area contributed by atoms with E-state index in [0.717, 1.165) is 64.2 Å². The zero-order chi connectivity index (χ0) is 37.8. The van der Waals surface area contributed by atoms with E-state index in [4.69, 9.17) is 13.8 Å². The Morgan fingerprint density at radius 2 is 1.06 bits per heavy atom. The van der Waals surface area contributed by atoms with E-state index in [1.165, 1.54) is 83.5 Å². The third kappa shape index (κ3) is 35.0. The van der Waals surface area contributed by atoms with Crippen molar-refractivity contribution in [3.05, 3.63) is 12.2 Å². The highest BCUT2D eigenvalue weighted by Gasteiger charge is 2.28. The molecule has 0 bridgehead atoms. The standard InChI is InChI=1S/C39H74NO10P/c1-3-5-7-9-11-13-15-16-17-18-19-20-21-23-25-27-29-31-38(43)48-32-35(41)33-49-51(46,47)50-34-36(39(44)45)40-37(42)30-28-26-24-22-14-12-10-8-6-4-2/h8,10,35-36,41H,3-7,9,11-34H2,1-2H3,(H,40,42)(H,44,45)(H,46,47)/b10-8-. The first-order chi connectivity index (χ1) is 24.6. The Morgan fingerprint density at radius 1 is 0.608 bits per heavy atom. The molecule has 300 valence electrons. The first-order valence-corrected chi connectivity index (χ1v) is 21.7. The topological polar surface area (TPSA) is 169 Å². The molecule has 0 aliphatic rings. The first-order valence-electron chi connectivity index (χ1n) is 20.2. The zero-order valence-electron chi connectivity index (χ0n) is 32.2. The molecule has 11 nitrogen and oxygen atoms in total. The van der Waals surface area contributed by atoms with Crippen LogP contribution in [0.3, 0.4) is 0 Å². The molecule has 12 heteroatoms. The summed E-state index contributed by atoms with van der Waals surface area (Å²) in [6.07, 6.45) is 32.5. The monoisotopic (exact) mass is 748 g/mol. The highest BCUT2D eigenvalue weighted by atomic mass is 31.2. The third-order valence-electron chi connectivity index (χ3n) is 8.79. The Kier molecular flexibility index (Phi) is 34.0. The lowest BCUT2D eigenvalue weighted by Gasteiger charge is -2.18. The van der Waals surface area contributed by atoms with Gasteiger partial charge in [-0.3, -0.25) is 18.6 Å². The van der Waals surface area contributed by atoms with Gasteiger partial charge < -0.3 is 25.2 Å². The minimum absolute atomic E-state index is 0.137. The molecular weight excluding hydrogens is 673 g/mol. The van der Waals surface area contributed by atoms with Gasteiger partial charge in [-0.05, 0) is 32.1 Å². The summed E-state index contributed by atoms with van der Waals surface area (Å²) >= 11 is 0. The van der Waals surface area contributed by atoms with Gasteiger partial charge >= 0.3 is 19.8 Å². The number of nitrogens with one attached hydrogen (secondary N) is 1. The molecular formula is C39H74NO10P. The maximum Gasteiger partial charge on any atom is 0.472 e.